The van der Waals surface area contributed by atoms with Crippen LogP contribution in [0.5, 0.6) is 0 Å². The van der Waals surface area contributed by atoms with Gasteiger partial charge in [-0.15, -0.1) is 0 Å². The first-order valence-electron chi connectivity index (χ1n) is 5.57. The van der Waals surface area contributed by atoms with Crippen molar-refractivity contribution in [1.29, 1.82) is 0 Å². The van der Waals surface area contributed by atoms with E-state index in [-0.39, 0.29) is 18.7 Å². The first kappa shape index (κ1) is 13.4. The van der Waals surface area contributed by atoms with Crippen molar-refractivity contribution in [2.45, 2.75) is 37.8 Å². The summed E-state index contributed by atoms with van der Waals surface area (Å²) in [6, 6.07) is 0.989. The van der Waals surface area contributed by atoms with E-state index in [4.69, 9.17) is 17.7 Å². The summed E-state index contributed by atoms with van der Waals surface area (Å²) in [6.07, 6.45) is 1.75. The van der Waals surface area contributed by atoms with Crippen LogP contribution in [0.4, 0.5) is 0 Å². The predicted molar refractivity (Wildman–Crippen MR) is 71.6 cm³/mol. The molecule has 5 heteroatoms. The number of hydrogen-bond acceptors (Lipinski definition) is 3. The van der Waals surface area contributed by atoms with Crippen LogP contribution in [0, 0.1) is 0 Å². The van der Waals surface area contributed by atoms with Crippen molar-refractivity contribution in [3.05, 3.63) is 11.0 Å². The van der Waals surface area contributed by atoms with Crippen LogP contribution in [0.3, 0.4) is 0 Å². The van der Waals surface area contributed by atoms with Crippen LogP contribution >= 0.6 is 11.8 Å². The van der Waals surface area contributed by atoms with Crippen LogP contribution in [0.25, 0.3) is 0 Å². The third kappa shape index (κ3) is 4.76. The molecule has 2 radical (unpaired) electrons. The van der Waals surface area contributed by atoms with Crippen molar-refractivity contribution in [3.8, 4) is 0 Å². The molecule has 0 saturated carbocycles. The summed E-state index contributed by atoms with van der Waals surface area (Å²) in [5.41, 5.74) is 0. The zero-order valence-electron chi connectivity index (χ0n) is 9.77. The molecule has 0 unspecified atom stereocenters. The molecule has 15 heavy (non-hydrogen) atoms. The van der Waals surface area contributed by atoms with E-state index in [0.717, 1.165) is 10.7 Å². The number of aliphatic hydroxyl groups excluding tert-OH is 1. The molecule has 0 aromatic heterocycles. The molecule has 0 aromatic rings. The van der Waals surface area contributed by atoms with E-state index in [1.54, 1.807) is 11.8 Å². The number of ether oxygens (including phenoxy) is 1. The Balaban J connectivity index is 2.32. The third-order valence-electron chi connectivity index (χ3n) is 2.38. The maximum absolute atomic E-state index is 8.93. The molecular weight excluding hydrogens is 223 g/mol. The van der Waals surface area contributed by atoms with Crippen LogP contribution < -0.4 is 0 Å². The normalized spacial score (nSPS) is 27.9. The Morgan fingerprint density at radius 2 is 2.20 bits per heavy atom. The molecule has 0 spiro atoms. The van der Waals surface area contributed by atoms with E-state index in [2.05, 4.69) is 19.6 Å². The molecule has 2 atom stereocenters. The van der Waals surface area contributed by atoms with Crippen LogP contribution in [0.15, 0.2) is 11.0 Å². The van der Waals surface area contributed by atoms with Gasteiger partial charge in [-0.3, -0.25) is 0 Å². The molecule has 2 nitrogen and oxygen atoms in total. The van der Waals surface area contributed by atoms with Gasteiger partial charge in [0, 0.05) is 0 Å². The van der Waals surface area contributed by atoms with E-state index < -0.39 is 8.07 Å². The van der Waals surface area contributed by atoms with Crippen molar-refractivity contribution >= 4 is 27.7 Å². The molecule has 1 aliphatic rings. The zero-order chi connectivity index (χ0) is 11.5. The SMILES string of the molecule is [B][C@@H]1O[C@H](CO)C=C1SCC[SiH-](C)(C)C. The van der Waals surface area contributed by atoms with Crippen molar-refractivity contribution in [1.82, 2.24) is 0 Å². The minimum absolute atomic E-state index is 0.0214. The first-order chi connectivity index (χ1) is 6.92. The van der Waals surface area contributed by atoms with Gasteiger partial charge < -0.3 is 0 Å². The Hall–Kier alpha value is 0.292. The second kappa shape index (κ2) is 5.57. The molecule has 0 bridgehead atoms. The standard InChI is InChI=1S/C10H20BO2SSi/c1-15(2,3)5-4-14-9-6-8(7-12)13-10(9)11/h6,8,10,12,15H,4-5,7H2,1-3H3/q-1/t8-,10+/m0/s1. The van der Waals surface area contributed by atoms with Crippen molar-refractivity contribution in [2.24, 2.45) is 0 Å². The van der Waals surface area contributed by atoms with Gasteiger partial charge in [-0.25, -0.2) is 0 Å². The van der Waals surface area contributed by atoms with Gasteiger partial charge in [-0.05, 0) is 0 Å². The van der Waals surface area contributed by atoms with Crippen LogP contribution in [-0.4, -0.2) is 45.5 Å². The van der Waals surface area contributed by atoms with Gasteiger partial charge in [-0.1, -0.05) is 0 Å². The van der Waals surface area contributed by atoms with E-state index in [1.807, 2.05) is 6.08 Å². The average molecular weight is 243 g/mol. The van der Waals surface area contributed by atoms with Crippen LogP contribution in [0.2, 0.25) is 25.7 Å². The number of aliphatic hydroxyl groups is 1. The molecular formula is C10H20BO2SSi-. The molecule has 86 valence electrons. The molecule has 1 rings (SSSR count). The summed E-state index contributed by atoms with van der Waals surface area (Å²) in [6.45, 7) is 7.20. The van der Waals surface area contributed by atoms with E-state index in [9.17, 15) is 0 Å². The molecule has 0 saturated heterocycles. The summed E-state index contributed by atoms with van der Waals surface area (Å²) >= 11 is 1.78. The van der Waals surface area contributed by atoms with Crippen molar-refractivity contribution < 1.29 is 9.84 Å². The molecule has 1 N–H and O–H groups in total. The van der Waals surface area contributed by atoms with Gasteiger partial charge in [0.25, 0.3) is 0 Å². The molecule has 0 amide bonds. The van der Waals surface area contributed by atoms with Crippen LogP contribution in [0.1, 0.15) is 0 Å². The summed E-state index contributed by atoms with van der Waals surface area (Å²) in [5, 5.41) is 8.93. The molecule has 0 aliphatic carbocycles. The zero-order valence-corrected chi connectivity index (χ0v) is 11.7. The fourth-order valence-electron chi connectivity index (χ4n) is 1.33. The quantitative estimate of drug-likeness (QED) is 0.743. The molecule has 0 aromatic carbocycles. The fourth-order valence-corrected chi connectivity index (χ4v) is 5.33. The maximum atomic E-state index is 8.93. The van der Waals surface area contributed by atoms with E-state index >= 15 is 0 Å². The van der Waals surface area contributed by atoms with Crippen molar-refractivity contribution in [3.63, 3.8) is 0 Å². The first-order valence-corrected chi connectivity index (χ1v) is 10.8. The monoisotopic (exact) mass is 243 g/mol. The number of thioether (sulfide) groups is 1. The number of hydrogen-bond donors (Lipinski definition) is 1. The Morgan fingerprint density at radius 1 is 1.53 bits per heavy atom. The summed E-state index contributed by atoms with van der Waals surface area (Å²) in [5.74, 6) is 1.12. The van der Waals surface area contributed by atoms with Gasteiger partial charge >= 0.3 is 98.7 Å². The van der Waals surface area contributed by atoms with E-state index in [0.29, 0.717) is 0 Å². The fraction of sp³-hybridized carbons (Fsp3) is 0.800. The molecule has 1 aliphatic heterocycles. The number of rotatable bonds is 5. The Morgan fingerprint density at radius 3 is 2.67 bits per heavy atom. The molecule has 0 fully saturated rings. The van der Waals surface area contributed by atoms with Gasteiger partial charge in [-0.2, -0.15) is 0 Å². The Kier molecular flexibility index (Phi) is 4.96. The summed E-state index contributed by atoms with van der Waals surface area (Å²) in [7, 11) is 4.57. The van der Waals surface area contributed by atoms with Gasteiger partial charge in [0.2, 0.25) is 0 Å². The summed E-state index contributed by atoms with van der Waals surface area (Å²) in [4.78, 5) is 1.08. The topological polar surface area (TPSA) is 29.5 Å². The minimum atomic E-state index is -1.22. The van der Waals surface area contributed by atoms with Gasteiger partial charge in [0.15, 0.2) is 0 Å². The predicted octanol–water partition coefficient (Wildman–Crippen LogP) is 1.56. The van der Waals surface area contributed by atoms with Gasteiger partial charge in [0.1, 0.15) is 0 Å². The van der Waals surface area contributed by atoms with Gasteiger partial charge in [0.05, 0.1) is 0 Å². The third-order valence-corrected chi connectivity index (χ3v) is 5.97. The van der Waals surface area contributed by atoms with Crippen LogP contribution in [-0.2, 0) is 4.74 Å². The Bertz CT molecular complexity index is 240. The average Bonchev–Trinajstić information content (AvgIpc) is 2.45. The second-order valence-corrected chi connectivity index (χ2v) is 13.1. The Labute approximate surface area is 98.9 Å². The second-order valence-electron chi connectivity index (χ2n) is 5.44. The van der Waals surface area contributed by atoms with Crippen molar-refractivity contribution in [2.75, 3.05) is 12.4 Å². The summed E-state index contributed by atoms with van der Waals surface area (Å²) < 4.78 is 5.33. The van der Waals surface area contributed by atoms with E-state index in [1.165, 1.54) is 6.04 Å². The molecule has 1 heterocycles.